The summed E-state index contributed by atoms with van der Waals surface area (Å²) in [5.74, 6) is -0.141. The van der Waals surface area contributed by atoms with Gasteiger partial charge < -0.3 is 18.8 Å². The third kappa shape index (κ3) is 4.68. The van der Waals surface area contributed by atoms with Crippen LogP contribution in [0.3, 0.4) is 0 Å². The lowest BCUT2D eigenvalue weighted by molar-refractivity contribution is 0.0353. The molecule has 3 heterocycles. The highest BCUT2D eigenvalue weighted by Gasteiger charge is 2.42. The predicted octanol–water partition coefficient (Wildman–Crippen LogP) is 3.99. The van der Waals surface area contributed by atoms with Crippen LogP contribution in [-0.2, 0) is 4.74 Å². The summed E-state index contributed by atoms with van der Waals surface area (Å²) >= 11 is 0. The molecule has 3 aromatic rings. The maximum absolute atomic E-state index is 14.0. The van der Waals surface area contributed by atoms with Crippen molar-refractivity contribution in [3.63, 3.8) is 0 Å². The van der Waals surface area contributed by atoms with E-state index in [1.54, 1.807) is 4.90 Å². The van der Waals surface area contributed by atoms with Crippen molar-refractivity contribution in [2.24, 2.45) is 0 Å². The highest BCUT2D eigenvalue weighted by molar-refractivity contribution is 5.99. The standard InChI is InChI=1S/C27H29FN2O5/c1-2-13-34-20-6-3-5-18(16-20)24-23-25(31)21-17-19(28)7-8-22(21)35-26(23)27(32)30(24)10-4-9-29-11-14-33-15-12-29/h3,5-8,16-17,24H,2,4,9-15H2,1H3/t24-/m1/s1. The van der Waals surface area contributed by atoms with Gasteiger partial charge in [-0.05, 0) is 48.7 Å². The van der Waals surface area contributed by atoms with Crippen LogP contribution in [0.25, 0.3) is 11.0 Å². The molecule has 184 valence electrons. The molecule has 8 heteroatoms. The first-order valence-corrected chi connectivity index (χ1v) is 12.2. The molecule has 2 aliphatic rings. The molecule has 0 bridgehead atoms. The minimum Gasteiger partial charge on any atom is -0.494 e. The minimum atomic E-state index is -0.628. The molecule has 2 aromatic carbocycles. The monoisotopic (exact) mass is 480 g/mol. The molecule has 1 fully saturated rings. The van der Waals surface area contributed by atoms with Crippen molar-refractivity contribution in [3.05, 3.63) is 75.4 Å². The molecular formula is C27H29FN2O5. The molecule has 7 nitrogen and oxygen atoms in total. The summed E-state index contributed by atoms with van der Waals surface area (Å²) in [6, 6.07) is 10.6. The van der Waals surface area contributed by atoms with E-state index in [9.17, 15) is 14.0 Å². The highest BCUT2D eigenvalue weighted by Crippen LogP contribution is 2.39. The first kappa shape index (κ1) is 23.5. The number of amides is 1. The lowest BCUT2D eigenvalue weighted by Gasteiger charge is -2.29. The van der Waals surface area contributed by atoms with Crippen LogP contribution >= 0.6 is 0 Å². The first-order valence-electron chi connectivity index (χ1n) is 12.2. The maximum Gasteiger partial charge on any atom is 0.290 e. The lowest BCUT2D eigenvalue weighted by Crippen LogP contribution is -2.38. The van der Waals surface area contributed by atoms with Crippen molar-refractivity contribution in [3.8, 4) is 5.75 Å². The van der Waals surface area contributed by atoms with Crippen LogP contribution in [0.5, 0.6) is 5.75 Å². The summed E-state index contributed by atoms with van der Waals surface area (Å²) in [5.41, 5.74) is 0.847. The molecule has 0 saturated carbocycles. The summed E-state index contributed by atoms with van der Waals surface area (Å²) in [6.45, 7) is 7.03. The van der Waals surface area contributed by atoms with Gasteiger partial charge in [-0.25, -0.2) is 4.39 Å². The fourth-order valence-corrected chi connectivity index (χ4v) is 4.85. The van der Waals surface area contributed by atoms with Gasteiger partial charge in [-0.15, -0.1) is 0 Å². The number of morpholine rings is 1. The molecule has 35 heavy (non-hydrogen) atoms. The number of fused-ring (bicyclic) bond motifs is 2. The Labute approximate surface area is 203 Å². The van der Waals surface area contributed by atoms with E-state index in [0.717, 1.165) is 38.0 Å². The molecule has 0 unspecified atom stereocenters. The van der Waals surface area contributed by atoms with E-state index >= 15 is 0 Å². The van der Waals surface area contributed by atoms with Crippen LogP contribution in [-0.4, -0.2) is 61.7 Å². The second-order valence-electron chi connectivity index (χ2n) is 8.94. The van der Waals surface area contributed by atoms with Crippen molar-refractivity contribution >= 4 is 16.9 Å². The Morgan fingerprint density at radius 2 is 1.91 bits per heavy atom. The Kier molecular flexibility index (Phi) is 6.83. The SMILES string of the molecule is CCCOc1cccc([C@@H]2c3c(oc4ccc(F)cc4c3=O)C(=O)N2CCCN2CCOCC2)c1. The molecule has 0 aliphatic carbocycles. The van der Waals surface area contributed by atoms with Crippen LogP contribution in [0.1, 0.15) is 47.5 Å². The number of hydrogen-bond acceptors (Lipinski definition) is 6. The molecule has 2 aliphatic heterocycles. The Hall–Kier alpha value is -3.23. The summed E-state index contributed by atoms with van der Waals surface area (Å²) in [4.78, 5) is 31.1. The van der Waals surface area contributed by atoms with Gasteiger partial charge >= 0.3 is 0 Å². The molecule has 5 rings (SSSR count). The Bertz CT molecular complexity index is 1280. The van der Waals surface area contributed by atoms with E-state index in [1.165, 1.54) is 18.2 Å². The Morgan fingerprint density at radius 1 is 1.09 bits per heavy atom. The van der Waals surface area contributed by atoms with Crippen LogP contribution in [0.2, 0.25) is 0 Å². The van der Waals surface area contributed by atoms with Crippen LogP contribution in [0.15, 0.2) is 51.7 Å². The number of ether oxygens (including phenoxy) is 2. The summed E-state index contributed by atoms with van der Waals surface area (Å²) in [6.07, 6.45) is 1.61. The zero-order valence-corrected chi connectivity index (χ0v) is 19.8. The maximum atomic E-state index is 14.0. The highest BCUT2D eigenvalue weighted by atomic mass is 19.1. The number of halogens is 1. The van der Waals surface area contributed by atoms with Gasteiger partial charge in [0.05, 0.1) is 36.8 Å². The molecule has 0 N–H and O–H groups in total. The predicted molar refractivity (Wildman–Crippen MR) is 129 cm³/mol. The topological polar surface area (TPSA) is 72.2 Å². The Morgan fingerprint density at radius 3 is 2.71 bits per heavy atom. The van der Waals surface area contributed by atoms with Gasteiger partial charge in [0.2, 0.25) is 5.76 Å². The van der Waals surface area contributed by atoms with Gasteiger partial charge in [0.1, 0.15) is 17.1 Å². The first-order chi connectivity index (χ1) is 17.1. The molecule has 1 amide bonds. The number of nitrogens with zero attached hydrogens (tertiary/aromatic N) is 2. The zero-order valence-electron chi connectivity index (χ0n) is 19.8. The van der Waals surface area contributed by atoms with Gasteiger partial charge in [-0.2, -0.15) is 0 Å². The average Bonchev–Trinajstić information content (AvgIpc) is 3.16. The van der Waals surface area contributed by atoms with Gasteiger partial charge in [-0.1, -0.05) is 19.1 Å². The van der Waals surface area contributed by atoms with Crippen LogP contribution < -0.4 is 10.2 Å². The van der Waals surface area contributed by atoms with Crippen molar-refractivity contribution < 1.29 is 23.1 Å². The van der Waals surface area contributed by atoms with Gasteiger partial charge in [0.25, 0.3) is 5.91 Å². The molecule has 0 spiro atoms. The van der Waals surface area contributed by atoms with Gasteiger partial charge in [-0.3, -0.25) is 14.5 Å². The van der Waals surface area contributed by atoms with Crippen molar-refractivity contribution in [2.75, 3.05) is 46.0 Å². The van der Waals surface area contributed by atoms with Crippen molar-refractivity contribution in [1.29, 1.82) is 0 Å². The fourth-order valence-electron chi connectivity index (χ4n) is 4.85. The number of carbonyl (C=O) groups excluding carboxylic acids is 1. The van der Waals surface area contributed by atoms with E-state index in [-0.39, 0.29) is 33.6 Å². The second kappa shape index (κ2) is 10.2. The van der Waals surface area contributed by atoms with Crippen molar-refractivity contribution in [1.82, 2.24) is 9.80 Å². The van der Waals surface area contributed by atoms with E-state index < -0.39 is 11.9 Å². The summed E-state index contributed by atoms with van der Waals surface area (Å²) in [7, 11) is 0. The van der Waals surface area contributed by atoms with Gasteiger partial charge in [0, 0.05) is 26.2 Å². The van der Waals surface area contributed by atoms with E-state index in [1.807, 2.05) is 31.2 Å². The smallest absolute Gasteiger partial charge is 0.290 e. The minimum absolute atomic E-state index is 0.0327. The van der Waals surface area contributed by atoms with Crippen LogP contribution in [0, 0.1) is 5.82 Å². The molecule has 1 aromatic heterocycles. The third-order valence-corrected chi connectivity index (χ3v) is 6.55. The van der Waals surface area contributed by atoms with E-state index in [4.69, 9.17) is 13.9 Å². The number of hydrogen-bond donors (Lipinski definition) is 0. The lowest BCUT2D eigenvalue weighted by atomic mass is 9.98. The molecule has 1 saturated heterocycles. The normalized spacial score (nSPS) is 18.3. The number of rotatable bonds is 8. The summed E-state index contributed by atoms with van der Waals surface area (Å²) in [5, 5.41) is 0.134. The van der Waals surface area contributed by atoms with E-state index in [2.05, 4.69) is 4.90 Å². The second-order valence-corrected chi connectivity index (χ2v) is 8.94. The van der Waals surface area contributed by atoms with E-state index in [0.29, 0.717) is 32.1 Å². The van der Waals surface area contributed by atoms with Crippen molar-refractivity contribution in [2.45, 2.75) is 25.8 Å². The quantitative estimate of drug-likeness (QED) is 0.486. The largest absolute Gasteiger partial charge is 0.494 e. The number of carbonyl (C=O) groups is 1. The average molecular weight is 481 g/mol. The third-order valence-electron chi connectivity index (χ3n) is 6.55. The van der Waals surface area contributed by atoms with Crippen LogP contribution in [0.4, 0.5) is 4.39 Å². The zero-order chi connectivity index (χ0) is 24.4. The summed E-state index contributed by atoms with van der Waals surface area (Å²) < 4.78 is 31.1. The molecule has 1 atom stereocenters. The number of benzene rings is 2. The Balaban J connectivity index is 1.53. The molecule has 0 radical (unpaired) electrons. The van der Waals surface area contributed by atoms with Gasteiger partial charge in [0.15, 0.2) is 5.43 Å². The fraction of sp³-hybridized carbons (Fsp3) is 0.407. The molecular weight excluding hydrogens is 451 g/mol.